The maximum Gasteiger partial charge on any atom is 0.295 e. The van der Waals surface area contributed by atoms with Crippen LogP contribution in [0.3, 0.4) is 0 Å². The van der Waals surface area contributed by atoms with Crippen LogP contribution >= 0.6 is 0 Å². The molecule has 0 bridgehead atoms. The van der Waals surface area contributed by atoms with Crippen LogP contribution in [0.5, 0.6) is 5.75 Å². The molecule has 1 aliphatic heterocycles. The van der Waals surface area contributed by atoms with E-state index in [4.69, 9.17) is 4.74 Å². The third kappa shape index (κ3) is 5.11. The van der Waals surface area contributed by atoms with Gasteiger partial charge in [-0.05, 0) is 59.2 Å². The molecule has 1 N–H and O–H groups in total. The molecule has 1 atom stereocenters. The molecule has 1 amide bonds. The second kappa shape index (κ2) is 10.5. The minimum Gasteiger partial charge on any atom is -0.507 e. The van der Waals surface area contributed by atoms with Gasteiger partial charge in [-0.2, -0.15) is 0 Å². The average Bonchev–Trinajstić information content (AvgIpc) is 3.18. The summed E-state index contributed by atoms with van der Waals surface area (Å²) >= 11 is 0. The van der Waals surface area contributed by atoms with Gasteiger partial charge in [-0.25, -0.2) is 4.39 Å². The Morgan fingerprint density at radius 3 is 2.27 bits per heavy atom. The number of aromatic nitrogens is 1. The number of rotatable bonds is 7. The number of ketones is 1. The van der Waals surface area contributed by atoms with Crippen molar-refractivity contribution in [3.63, 3.8) is 0 Å². The van der Waals surface area contributed by atoms with Gasteiger partial charge in [0.25, 0.3) is 11.7 Å². The number of likely N-dealkylation sites (tertiary alicyclic amines) is 1. The first-order chi connectivity index (χ1) is 18.0. The van der Waals surface area contributed by atoms with Crippen molar-refractivity contribution in [3.05, 3.63) is 137 Å². The molecule has 0 spiro atoms. The van der Waals surface area contributed by atoms with Crippen molar-refractivity contribution < 1.29 is 23.8 Å². The summed E-state index contributed by atoms with van der Waals surface area (Å²) in [5, 5.41) is 11.1. The van der Waals surface area contributed by atoms with Crippen molar-refractivity contribution in [1.82, 2.24) is 9.88 Å². The van der Waals surface area contributed by atoms with Gasteiger partial charge < -0.3 is 14.7 Å². The Bertz CT molecular complexity index is 1440. The summed E-state index contributed by atoms with van der Waals surface area (Å²) in [5.41, 5.74) is 2.57. The van der Waals surface area contributed by atoms with Crippen molar-refractivity contribution in [1.29, 1.82) is 0 Å². The van der Waals surface area contributed by atoms with Crippen molar-refractivity contribution in [2.45, 2.75) is 19.2 Å². The number of benzene rings is 3. The molecule has 0 unspecified atom stereocenters. The molecule has 1 fully saturated rings. The summed E-state index contributed by atoms with van der Waals surface area (Å²) in [7, 11) is 0. The van der Waals surface area contributed by atoms with Gasteiger partial charge in [-0.3, -0.25) is 14.6 Å². The summed E-state index contributed by atoms with van der Waals surface area (Å²) < 4.78 is 19.4. The monoisotopic (exact) mass is 494 g/mol. The van der Waals surface area contributed by atoms with Crippen LogP contribution < -0.4 is 4.74 Å². The predicted molar refractivity (Wildman–Crippen MR) is 136 cm³/mol. The first-order valence-electron chi connectivity index (χ1n) is 11.7. The van der Waals surface area contributed by atoms with E-state index >= 15 is 0 Å². The molecule has 5 rings (SSSR count). The Morgan fingerprint density at radius 2 is 1.59 bits per heavy atom. The molecule has 7 heteroatoms. The highest BCUT2D eigenvalue weighted by molar-refractivity contribution is 6.46. The molecular formula is C30H23FN2O4. The van der Waals surface area contributed by atoms with E-state index < -0.39 is 23.5 Å². The molecule has 1 aliphatic rings. The zero-order valence-corrected chi connectivity index (χ0v) is 19.8. The van der Waals surface area contributed by atoms with Gasteiger partial charge in [0.15, 0.2) is 0 Å². The van der Waals surface area contributed by atoms with Crippen LogP contribution in [0.1, 0.15) is 28.3 Å². The summed E-state index contributed by atoms with van der Waals surface area (Å²) in [6.45, 7) is 0.514. The summed E-state index contributed by atoms with van der Waals surface area (Å²) in [6, 6.07) is 24.6. The number of hydrogen-bond acceptors (Lipinski definition) is 5. The fourth-order valence-electron chi connectivity index (χ4n) is 4.33. The van der Waals surface area contributed by atoms with Gasteiger partial charge in [-0.15, -0.1) is 0 Å². The van der Waals surface area contributed by atoms with Crippen molar-refractivity contribution in [3.8, 4) is 5.75 Å². The Balaban J connectivity index is 1.51. The molecule has 0 aliphatic carbocycles. The van der Waals surface area contributed by atoms with Gasteiger partial charge in [0.05, 0.1) is 11.6 Å². The van der Waals surface area contributed by atoms with Gasteiger partial charge in [0, 0.05) is 24.5 Å². The Morgan fingerprint density at radius 1 is 0.892 bits per heavy atom. The number of pyridine rings is 1. The van der Waals surface area contributed by atoms with E-state index in [1.165, 1.54) is 29.2 Å². The van der Waals surface area contributed by atoms with Crippen molar-refractivity contribution >= 4 is 17.4 Å². The van der Waals surface area contributed by atoms with E-state index in [-0.39, 0.29) is 23.4 Å². The molecule has 1 aromatic heterocycles. The fraction of sp³-hybridized carbons (Fsp3) is 0.100. The first kappa shape index (κ1) is 23.9. The number of amides is 1. The summed E-state index contributed by atoms with van der Waals surface area (Å²) in [5.74, 6) is -1.75. The lowest BCUT2D eigenvalue weighted by molar-refractivity contribution is -0.140. The molecule has 0 radical (unpaired) electrons. The molecule has 1 saturated heterocycles. The van der Waals surface area contributed by atoms with Crippen LogP contribution in [0.2, 0.25) is 0 Å². The van der Waals surface area contributed by atoms with E-state index in [1.54, 1.807) is 42.7 Å². The number of nitrogens with zero attached hydrogens (tertiary/aromatic N) is 2. The highest BCUT2D eigenvalue weighted by atomic mass is 19.1. The second-order valence-corrected chi connectivity index (χ2v) is 8.64. The maximum absolute atomic E-state index is 13.5. The Labute approximate surface area is 213 Å². The maximum atomic E-state index is 13.5. The SMILES string of the molecule is O=C1C(=O)N(Cc2cccnc2)[C@H](c2ccc(OCc3ccccc3)cc2)C1=C(O)c1ccc(F)cc1. The Kier molecular flexibility index (Phi) is 6.76. The third-order valence-corrected chi connectivity index (χ3v) is 6.18. The average molecular weight is 495 g/mol. The molecule has 0 saturated carbocycles. The highest BCUT2D eigenvalue weighted by Crippen LogP contribution is 2.40. The van der Waals surface area contributed by atoms with Gasteiger partial charge in [0.2, 0.25) is 0 Å². The van der Waals surface area contributed by atoms with Crippen LogP contribution in [0.4, 0.5) is 4.39 Å². The normalized spacial score (nSPS) is 16.7. The van der Waals surface area contributed by atoms with Crippen LogP contribution in [-0.4, -0.2) is 26.7 Å². The molecule has 4 aromatic rings. The minimum absolute atomic E-state index is 0.0570. The molecule has 2 heterocycles. The van der Waals surface area contributed by atoms with Crippen molar-refractivity contribution in [2.24, 2.45) is 0 Å². The third-order valence-electron chi connectivity index (χ3n) is 6.18. The van der Waals surface area contributed by atoms with E-state index in [0.29, 0.717) is 17.9 Å². The number of carbonyl (C=O) groups is 2. The number of aliphatic hydroxyl groups is 1. The topological polar surface area (TPSA) is 79.7 Å². The molecule has 184 valence electrons. The smallest absolute Gasteiger partial charge is 0.295 e. The molecule has 6 nitrogen and oxygen atoms in total. The zero-order valence-electron chi connectivity index (χ0n) is 19.8. The number of Topliss-reactive ketones (excluding diaryl/α,β-unsaturated/α-hetero) is 1. The van der Waals surface area contributed by atoms with E-state index in [0.717, 1.165) is 11.1 Å². The zero-order chi connectivity index (χ0) is 25.8. The fourth-order valence-corrected chi connectivity index (χ4v) is 4.33. The lowest BCUT2D eigenvalue weighted by atomic mass is 9.95. The molecule has 37 heavy (non-hydrogen) atoms. The predicted octanol–water partition coefficient (Wildman–Crippen LogP) is 5.42. The van der Waals surface area contributed by atoms with Gasteiger partial charge in [0.1, 0.15) is 23.9 Å². The number of ether oxygens (including phenoxy) is 1. The van der Waals surface area contributed by atoms with E-state index in [1.807, 2.05) is 36.4 Å². The molecule has 3 aromatic carbocycles. The van der Waals surface area contributed by atoms with Gasteiger partial charge in [-0.1, -0.05) is 48.5 Å². The lowest BCUT2D eigenvalue weighted by Gasteiger charge is -2.25. The van der Waals surface area contributed by atoms with Crippen LogP contribution in [0.25, 0.3) is 5.76 Å². The van der Waals surface area contributed by atoms with E-state index in [2.05, 4.69) is 4.98 Å². The number of carbonyl (C=O) groups excluding carboxylic acids is 2. The Hall–Kier alpha value is -4.78. The largest absolute Gasteiger partial charge is 0.507 e. The second-order valence-electron chi connectivity index (χ2n) is 8.64. The summed E-state index contributed by atoms with van der Waals surface area (Å²) in [6.07, 6.45) is 3.24. The first-order valence-corrected chi connectivity index (χ1v) is 11.7. The van der Waals surface area contributed by atoms with Crippen molar-refractivity contribution in [2.75, 3.05) is 0 Å². The van der Waals surface area contributed by atoms with Crippen LogP contribution in [0, 0.1) is 5.82 Å². The standard InChI is InChI=1S/C30H23FN2O4/c31-24-12-8-23(9-13-24)28(34)26-27(33(30(36)29(26)35)18-21-7-4-16-32-17-21)22-10-14-25(15-11-22)37-19-20-5-2-1-3-6-20/h1-17,27,34H,18-19H2/t27-/m1/s1. The summed E-state index contributed by atoms with van der Waals surface area (Å²) in [4.78, 5) is 31.8. The minimum atomic E-state index is -0.853. The molecular weight excluding hydrogens is 471 g/mol. The number of aliphatic hydroxyl groups excluding tert-OH is 1. The van der Waals surface area contributed by atoms with Gasteiger partial charge >= 0.3 is 0 Å². The quantitative estimate of drug-likeness (QED) is 0.211. The lowest BCUT2D eigenvalue weighted by Crippen LogP contribution is -2.29. The van der Waals surface area contributed by atoms with E-state index in [9.17, 15) is 19.1 Å². The van der Waals surface area contributed by atoms with Crippen LogP contribution in [-0.2, 0) is 22.7 Å². The number of hydrogen-bond donors (Lipinski definition) is 1. The van der Waals surface area contributed by atoms with Crippen LogP contribution in [0.15, 0.2) is 109 Å². The number of halogens is 1. The highest BCUT2D eigenvalue weighted by Gasteiger charge is 2.46.